The van der Waals surface area contributed by atoms with Crippen molar-refractivity contribution in [2.45, 2.75) is 17.7 Å². The maximum atomic E-state index is 12.6. The molecule has 0 bridgehead atoms. The second-order valence-corrected chi connectivity index (χ2v) is 11.6. The van der Waals surface area contributed by atoms with Gasteiger partial charge in [0.25, 0.3) is 0 Å². The van der Waals surface area contributed by atoms with Crippen molar-refractivity contribution in [3.63, 3.8) is 0 Å². The molecule has 186 valence electrons. The van der Waals surface area contributed by atoms with E-state index >= 15 is 0 Å². The summed E-state index contributed by atoms with van der Waals surface area (Å²) in [6, 6.07) is 12.7. The molecule has 0 radical (unpaired) electrons. The summed E-state index contributed by atoms with van der Waals surface area (Å²) in [6.45, 7) is 0.915. The maximum absolute atomic E-state index is 12.6. The number of anilines is 1. The Balaban J connectivity index is 1.51. The predicted molar refractivity (Wildman–Crippen MR) is 128 cm³/mol. The summed E-state index contributed by atoms with van der Waals surface area (Å²) in [7, 11) is -5.80. The van der Waals surface area contributed by atoms with Gasteiger partial charge in [-0.25, -0.2) is 16.8 Å². The number of nitrogens with one attached hydrogen (secondary N) is 1. The van der Waals surface area contributed by atoms with Crippen LogP contribution in [0.15, 0.2) is 53.4 Å². The number of carbonyl (C=O) groups is 1. The summed E-state index contributed by atoms with van der Waals surface area (Å²) >= 11 is 0. The van der Waals surface area contributed by atoms with Crippen molar-refractivity contribution in [3.8, 4) is 11.5 Å². The van der Waals surface area contributed by atoms with E-state index in [1.807, 2.05) is 0 Å². The highest BCUT2D eigenvalue weighted by atomic mass is 32.2. The number of para-hydroxylation sites is 2. The highest BCUT2D eigenvalue weighted by Crippen LogP contribution is 2.29. The number of carbonyl (C=O) groups excluding carboxylic acids is 1. The van der Waals surface area contributed by atoms with Gasteiger partial charge < -0.3 is 14.8 Å². The molecule has 1 aliphatic heterocycles. The molecule has 1 fully saturated rings. The SMILES string of the molecule is COc1ccccc1N(CC(=O)NCCOc1ccc(S(=O)(=O)N2CCCC2)cc1)S(C)(=O)=O. The average Bonchev–Trinajstić information content (AvgIpc) is 3.36. The highest BCUT2D eigenvalue weighted by molar-refractivity contribution is 7.92. The van der Waals surface area contributed by atoms with E-state index in [0.717, 1.165) is 23.4 Å². The predicted octanol–water partition coefficient (Wildman–Crippen LogP) is 1.44. The first-order chi connectivity index (χ1) is 16.1. The first-order valence-corrected chi connectivity index (χ1v) is 14.0. The van der Waals surface area contributed by atoms with Crippen LogP contribution in [-0.4, -0.2) is 73.2 Å². The van der Waals surface area contributed by atoms with Crippen LogP contribution in [0.2, 0.25) is 0 Å². The van der Waals surface area contributed by atoms with Crippen LogP contribution in [-0.2, 0) is 24.8 Å². The van der Waals surface area contributed by atoms with Gasteiger partial charge in [0.05, 0.1) is 30.5 Å². The van der Waals surface area contributed by atoms with Gasteiger partial charge in [-0.3, -0.25) is 9.10 Å². The van der Waals surface area contributed by atoms with E-state index in [9.17, 15) is 21.6 Å². The van der Waals surface area contributed by atoms with Crippen molar-refractivity contribution in [2.24, 2.45) is 0 Å². The van der Waals surface area contributed by atoms with Crippen LogP contribution in [0, 0.1) is 0 Å². The molecule has 0 atom stereocenters. The first kappa shape index (κ1) is 25.8. The Morgan fingerprint density at radius 3 is 2.29 bits per heavy atom. The van der Waals surface area contributed by atoms with Gasteiger partial charge in [0, 0.05) is 13.1 Å². The Morgan fingerprint density at radius 2 is 1.68 bits per heavy atom. The number of ether oxygens (including phenoxy) is 2. The average molecular weight is 512 g/mol. The summed E-state index contributed by atoms with van der Waals surface area (Å²) in [6.07, 6.45) is 2.75. The molecule has 0 aliphatic carbocycles. The lowest BCUT2D eigenvalue weighted by Crippen LogP contribution is -2.41. The molecule has 2 aromatic carbocycles. The van der Waals surface area contributed by atoms with Crippen LogP contribution in [0.5, 0.6) is 11.5 Å². The lowest BCUT2D eigenvalue weighted by Gasteiger charge is -2.23. The van der Waals surface area contributed by atoms with Gasteiger partial charge in [0.2, 0.25) is 26.0 Å². The number of hydrogen-bond acceptors (Lipinski definition) is 7. The quantitative estimate of drug-likeness (QED) is 0.453. The standard InChI is InChI=1S/C22H29N3O7S2/c1-31-21-8-4-3-7-20(21)25(33(2,27)28)17-22(26)23-13-16-32-18-9-11-19(12-10-18)34(29,30)24-14-5-6-15-24/h3-4,7-12H,5-6,13-17H2,1-2H3,(H,23,26). The first-order valence-electron chi connectivity index (χ1n) is 10.7. The summed E-state index contributed by atoms with van der Waals surface area (Å²) in [5.41, 5.74) is 0.267. The van der Waals surface area contributed by atoms with E-state index in [0.29, 0.717) is 24.6 Å². The minimum Gasteiger partial charge on any atom is -0.495 e. The molecule has 1 N–H and O–H groups in total. The molecule has 12 heteroatoms. The van der Waals surface area contributed by atoms with E-state index in [1.54, 1.807) is 36.4 Å². The largest absolute Gasteiger partial charge is 0.495 e. The Kier molecular flexibility index (Phi) is 8.39. The second kappa shape index (κ2) is 11.1. The molecule has 0 spiro atoms. The van der Waals surface area contributed by atoms with Crippen LogP contribution in [0.4, 0.5) is 5.69 Å². The zero-order valence-corrected chi connectivity index (χ0v) is 20.8. The zero-order valence-electron chi connectivity index (χ0n) is 19.1. The third-order valence-corrected chi connectivity index (χ3v) is 8.30. The Hall–Kier alpha value is -2.83. The molecule has 1 saturated heterocycles. The molecule has 34 heavy (non-hydrogen) atoms. The van der Waals surface area contributed by atoms with Crippen LogP contribution < -0.4 is 19.1 Å². The molecule has 0 aromatic heterocycles. The second-order valence-electron chi connectivity index (χ2n) is 7.72. The molecule has 10 nitrogen and oxygen atoms in total. The summed E-state index contributed by atoms with van der Waals surface area (Å²) in [5, 5.41) is 2.62. The van der Waals surface area contributed by atoms with Crippen molar-refractivity contribution < 1.29 is 31.1 Å². The fourth-order valence-corrected chi connectivity index (χ4v) is 5.92. The number of rotatable bonds is 11. The fraction of sp³-hybridized carbons (Fsp3) is 0.409. The van der Waals surface area contributed by atoms with E-state index in [-0.39, 0.29) is 23.7 Å². The van der Waals surface area contributed by atoms with Crippen molar-refractivity contribution in [1.29, 1.82) is 0 Å². The number of hydrogen-bond donors (Lipinski definition) is 1. The third-order valence-electron chi connectivity index (χ3n) is 5.26. The van der Waals surface area contributed by atoms with Crippen LogP contribution in [0.25, 0.3) is 0 Å². The minimum atomic E-state index is -3.73. The Bertz CT molecular complexity index is 1190. The van der Waals surface area contributed by atoms with E-state index in [4.69, 9.17) is 9.47 Å². The number of amides is 1. The molecule has 1 heterocycles. The van der Waals surface area contributed by atoms with Crippen LogP contribution in [0.1, 0.15) is 12.8 Å². The molecule has 3 rings (SSSR count). The zero-order chi connectivity index (χ0) is 24.8. The summed E-state index contributed by atoms with van der Waals surface area (Å²) in [5.74, 6) is 0.285. The monoisotopic (exact) mass is 511 g/mol. The molecular weight excluding hydrogens is 482 g/mol. The van der Waals surface area contributed by atoms with Gasteiger partial charge in [-0.2, -0.15) is 4.31 Å². The summed E-state index contributed by atoms with van der Waals surface area (Å²) < 4.78 is 62.9. The Labute approximate surface area is 200 Å². The molecule has 2 aromatic rings. The van der Waals surface area contributed by atoms with E-state index < -0.39 is 32.5 Å². The van der Waals surface area contributed by atoms with Crippen LogP contribution in [0.3, 0.4) is 0 Å². The molecule has 1 amide bonds. The van der Waals surface area contributed by atoms with Crippen molar-refractivity contribution in [3.05, 3.63) is 48.5 Å². The Morgan fingerprint density at radius 1 is 1.03 bits per heavy atom. The van der Waals surface area contributed by atoms with Gasteiger partial charge in [-0.1, -0.05) is 12.1 Å². The molecule has 0 unspecified atom stereocenters. The van der Waals surface area contributed by atoms with Gasteiger partial charge >= 0.3 is 0 Å². The minimum absolute atomic E-state index is 0.123. The van der Waals surface area contributed by atoms with Gasteiger partial charge in [0.1, 0.15) is 24.7 Å². The maximum Gasteiger partial charge on any atom is 0.243 e. The molecule has 1 aliphatic rings. The van der Waals surface area contributed by atoms with Gasteiger partial charge in [0.15, 0.2) is 0 Å². The highest BCUT2D eigenvalue weighted by Gasteiger charge is 2.27. The van der Waals surface area contributed by atoms with E-state index in [2.05, 4.69) is 5.32 Å². The smallest absolute Gasteiger partial charge is 0.243 e. The normalized spacial score (nSPS) is 14.5. The molecule has 0 saturated carbocycles. The van der Waals surface area contributed by atoms with Crippen LogP contribution >= 0.6 is 0 Å². The van der Waals surface area contributed by atoms with Crippen molar-refractivity contribution in [2.75, 3.05) is 50.5 Å². The number of sulfonamides is 2. The summed E-state index contributed by atoms with van der Waals surface area (Å²) in [4.78, 5) is 12.6. The lowest BCUT2D eigenvalue weighted by molar-refractivity contribution is -0.119. The number of benzene rings is 2. The van der Waals surface area contributed by atoms with Gasteiger partial charge in [-0.05, 0) is 49.2 Å². The third kappa shape index (κ3) is 6.39. The fourth-order valence-electron chi connectivity index (χ4n) is 3.55. The molecular formula is C22H29N3O7S2. The van der Waals surface area contributed by atoms with Gasteiger partial charge in [-0.15, -0.1) is 0 Å². The number of nitrogens with zero attached hydrogens (tertiary/aromatic N) is 2. The van der Waals surface area contributed by atoms with Crippen molar-refractivity contribution >= 4 is 31.6 Å². The lowest BCUT2D eigenvalue weighted by atomic mass is 10.3. The number of methoxy groups -OCH3 is 1. The van der Waals surface area contributed by atoms with E-state index in [1.165, 1.54) is 23.5 Å². The van der Waals surface area contributed by atoms with Crippen molar-refractivity contribution in [1.82, 2.24) is 9.62 Å². The topological polar surface area (TPSA) is 122 Å².